The number of halogens is 3. The number of carbonyl (C=O) groups excluding carboxylic acids is 2. The van der Waals surface area contributed by atoms with Crippen molar-refractivity contribution < 1.29 is 32.7 Å². The molecule has 1 aromatic rings. The van der Waals surface area contributed by atoms with Crippen LogP contribution in [-0.4, -0.2) is 52.6 Å². The monoisotopic (exact) mass is 427 g/mol. The molecule has 1 fully saturated rings. The number of carbonyl (C=O) groups is 3. The van der Waals surface area contributed by atoms with Crippen LogP contribution in [-0.2, 0) is 27.5 Å². The summed E-state index contributed by atoms with van der Waals surface area (Å²) in [5.41, 5.74) is 2.43. The molecule has 0 aromatic heterocycles. The van der Waals surface area contributed by atoms with Gasteiger partial charge >= 0.3 is 12.1 Å². The molecule has 0 radical (unpaired) electrons. The summed E-state index contributed by atoms with van der Waals surface area (Å²) >= 11 is 0. The summed E-state index contributed by atoms with van der Waals surface area (Å²) in [6.07, 6.45) is -0.0319. The molecule has 7 nitrogen and oxygen atoms in total. The zero-order valence-corrected chi connectivity index (χ0v) is 16.4. The van der Waals surface area contributed by atoms with Gasteiger partial charge in [0.15, 0.2) is 0 Å². The molecule has 3 rings (SSSR count). The van der Waals surface area contributed by atoms with Crippen LogP contribution in [0.3, 0.4) is 0 Å². The minimum Gasteiger partial charge on any atom is -0.475 e. The average Bonchev–Trinajstić information content (AvgIpc) is 3.07. The molecule has 2 heterocycles. The molecule has 0 spiro atoms. The van der Waals surface area contributed by atoms with Crippen LogP contribution >= 0.6 is 0 Å². The van der Waals surface area contributed by atoms with E-state index < -0.39 is 12.1 Å². The number of benzene rings is 1. The maximum atomic E-state index is 12.3. The summed E-state index contributed by atoms with van der Waals surface area (Å²) in [5.74, 6) is -2.74. The van der Waals surface area contributed by atoms with Crippen LogP contribution in [0.5, 0.6) is 0 Å². The zero-order valence-electron chi connectivity index (χ0n) is 16.4. The van der Waals surface area contributed by atoms with Crippen molar-refractivity contribution in [1.82, 2.24) is 15.5 Å². The van der Waals surface area contributed by atoms with Gasteiger partial charge in [0.25, 0.3) is 0 Å². The number of hydrogen-bond donors (Lipinski definition) is 3. The maximum absolute atomic E-state index is 12.3. The molecule has 10 heteroatoms. The van der Waals surface area contributed by atoms with Crippen molar-refractivity contribution >= 4 is 17.8 Å². The van der Waals surface area contributed by atoms with Crippen molar-refractivity contribution in [3.8, 4) is 0 Å². The minimum absolute atomic E-state index is 0.00401. The molecule has 2 aliphatic heterocycles. The van der Waals surface area contributed by atoms with E-state index in [4.69, 9.17) is 9.90 Å². The summed E-state index contributed by atoms with van der Waals surface area (Å²) in [5, 5.41) is 13.2. The highest BCUT2D eigenvalue weighted by Gasteiger charge is 2.38. The van der Waals surface area contributed by atoms with Crippen molar-refractivity contribution in [2.75, 3.05) is 6.54 Å². The fraction of sp³-hybridized carbons (Fsp3) is 0.450. The molecule has 0 aliphatic carbocycles. The Morgan fingerprint density at radius 2 is 1.80 bits per heavy atom. The fourth-order valence-electron chi connectivity index (χ4n) is 2.87. The second-order valence-corrected chi connectivity index (χ2v) is 6.94. The quantitative estimate of drug-likeness (QED) is 0.625. The van der Waals surface area contributed by atoms with E-state index in [1.165, 1.54) is 11.1 Å². The number of nitrogens with zero attached hydrogens (tertiary/aromatic N) is 1. The van der Waals surface area contributed by atoms with Gasteiger partial charge in [0.1, 0.15) is 0 Å². The standard InChI is InChI=1S/C18H23N3O2.C2HF3O2/c1-2-15(20-18(23)16-9-10-19-16)7-8-17(22)21-11-13-5-3-4-6-14(13)12-21;3-2(4,5)1(6)7/h3-8,15-16,19H,2,9-12H2,1H3,(H,20,23);(H,6,7)/t15-,16-;/m0./s1. The first-order valence-corrected chi connectivity index (χ1v) is 9.49. The summed E-state index contributed by atoms with van der Waals surface area (Å²) in [6.45, 7) is 4.22. The van der Waals surface area contributed by atoms with E-state index in [0.717, 1.165) is 19.4 Å². The Hall–Kier alpha value is -2.88. The maximum Gasteiger partial charge on any atom is 0.490 e. The van der Waals surface area contributed by atoms with Crippen LogP contribution in [0, 0.1) is 0 Å². The van der Waals surface area contributed by atoms with Gasteiger partial charge in [-0.05, 0) is 30.5 Å². The Bertz CT molecular complexity index is 782. The number of carboxylic acids is 1. The largest absolute Gasteiger partial charge is 0.490 e. The Morgan fingerprint density at radius 3 is 2.20 bits per heavy atom. The number of fused-ring (bicyclic) bond motifs is 1. The third-order valence-electron chi connectivity index (χ3n) is 4.77. The zero-order chi connectivity index (χ0) is 22.3. The number of rotatable bonds is 5. The van der Waals surface area contributed by atoms with E-state index in [0.29, 0.717) is 13.1 Å². The Labute approximate surface area is 171 Å². The molecule has 2 atom stereocenters. The first kappa shape index (κ1) is 23.4. The molecule has 2 amide bonds. The molecule has 164 valence electrons. The SMILES string of the molecule is CC[C@@H](C=CC(=O)N1Cc2ccccc2C1)NC(=O)[C@@H]1CCN1.O=C(O)C(F)(F)F. The summed E-state index contributed by atoms with van der Waals surface area (Å²) in [4.78, 5) is 35.0. The van der Waals surface area contributed by atoms with Gasteiger partial charge in [-0.25, -0.2) is 4.79 Å². The van der Waals surface area contributed by atoms with Gasteiger partial charge < -0.3 is 20.6 Å². The predicted molar refractivity (Wildman–Crippen MR) is 102 cm³/mol. The minimum atomic E-state index is -5.08. The lowest BCUT2D eigenvalue weighted by atomic mass is 10.1. The van der Waals surface area contributed by atoms with E-state index in [9.17, 15) is 22.8 Å². The molecular weight excluding hydrogens is 403 g/mol. The Kier molecular flexibility index (Phi) is 7.99. The highest BCUT2D eigenvalue weighted by molar-refractivity contribution is 5.88. The number of nitrogens with one attached hydrogen (secondary N) is 2. The third kappa shape index (κ3) is 6.58. The van der Waals surface area contributed by atoms with Crippen molar-refractivity contribution in [3.05, 3.63) is 47.5 Å². The normalized spacial score (nSPS) is 18.7. The molecular formula is C20H24F3N3O4. The molecule has 1 aromatic carbocycles. The predicted octanol–water partition coefficient (Wildman–Crippen LogP) is 1.97. The van der Waals surface area contributed by atoms with Crippen LogP contribution in [0.15, 0.2) is 36.4 Å². The lowest BCUT2D eigenvalue weighted by Gasteiger charge is -2.27. The highest BCUT2D eigenvalue weighted by atomic mass is 19.4. The van der Waals surface area contributed by atoms with Crippen molar-refractivity contribution in [2.45, 2.75) is 51.1 Å². The summed E-state index contributed by atoms with van der Waals surface area (Å²) in [6, 6.07) is 7.96. The van der Waals surface area contributed by atoms with E-state index in [1.54, 1.807) is 6.08 Å². The smallest absolute Gasteiger partial charge is 0.475 e. The van der Waals surface area contributed by atoms with E-state index in [-0.39, 0.29) is 23.9 Å². The lowest BCUT2D eigenvalue weighted by Crippen LogP contribution is -2.54. The molecule has 1 saturated heterocycles. The van der Waals surface area contributed by atoms with Gasteiger partial charge in [-0.2, -0.15) is 13.2 Å². The Balaban J connectivity index is 0.000000396. The van der Waals surface area contributed by atoms with Crippen LogP contribution < -0.4 is 10.6 Å². The third-order valence-corrected chi connectivity index (χ3v) is 4.77. The number of hydrogen-bond acceptors (Lipinski definition) is 4. The summed E-state index contributed by atoms with van der Waals surface area (Å²) in [7, 11) is 0. The first-order valence-electron chi connectivity index (χ1n) is 9.49. The Morgan fingerprint density at radius 1 is 1.27 bits per heavy atom. The molecule has 30 heavy (non-hydrogen) atoms. The number of carboxylic acid groups (broad SMARTS) is 1. The lowest BCUT2D eigenvalue weighted by molar-refractivity contribution is -0.192. The molecule has 0 unspecified atom stereocenters. The van der Waals surface area contributed by atoms with E-state index in [2.05, 4.69) is 22.8 Å². The number of amides is 2. The molecule has 2 aliphatic rings. The van der Waals surface area contributed by atoms with Crippen LogP contribution in [0.2, 0.25) is 0 Å². The van der Waals surface area contributed by atoms with Crippen molar-refractivity contribution in [2.24, 2.45) is 0 Å². The topological polar surface area (TPSA) is 98.7 Å². The average molecular weight is 427 g/mol. The second-order valence-electron chi connectivity index (χ2n) is 6.94. The summed E-state index contributed by atoms with van der Waals surface area (Å²) < 4.78 is 31.7. The molecule has 3 N–H and O–H groups in total. The van der Waals surface area contributed by atoms with E-state index in [1.807, 2.05) is 30.0 Å². The van der Waals surface area contributed by atoms with Crippen molar-refractivity contribution in [1.29, 1.82) is 0 Å². The van der Waals surface area contributed by atoms with Gasteiger partial charge in [-0.15, -0.1) is 0 Å². The van der Waals surface area contributed by atoms with Crippen LogP contribution in [0.1, 0.15) is 30.9 Å². The van der Waals surface area contributed by atoms with Gasteiger partial charge in [0.05, 0.1) is 6.04 Å². The second kappa shape index (κ2) is 10.2. The number of alkyl halides is 3. The molecule has 0 bridgehead atoms. The van der Waals surface area contributed by atoms with Gasteiger partial charge in [-0.1, -0.05) is 37.3 Å². The van der Waals surface area contributed by atoms with Crippen LogP contribution in [0.25, 0.3) is 0 Å². The van der Waals surface area contributed by atoms with Crippen LogP contribution in [0.4, 0.5) is 13.2 Å². The van der Waals surface area contributed by atoms with Gasteiger partial charge in [0.2, 0.25) is 11.8 Å². The van der Waals surface area contributed by atoms with Crippen molar-refractivity contribution in [3.63, 3.8) is 0 Å². The number of aliphatic carboxylic acids is 1. The first-order chi connectivity index (χ1) is 14.1. The fourth-order valence-corrected chi connectivity index (χ4v) is 2.87. The van der Waals surface area contributed by atoms with E-state index >= 15 is 0 Å². The van der Waals surface area contributed by atoms with Gasteiger partial charge in [-0.3, -0.25) is 9.59 Å². The molecule has 0 saturated carbocycles. The van der Waals surface area contributed by atoms with Gasteiger partial charge in [0, 0.05) is 25.2 Å². The highest BCUT2D eigenvalue weighted by Crippen LogP contribution is 2.22.